The molecule has 0 radical (unpaired) electrons. The Kier molecular flexibility index (Phi) is 9.70. The molecule has 0 aliphatic carbocycles. The van der Waals surface area contributed by atoms with Crippen LogP contribution in [0.1, 0.15) is 13.3 Å². The molecule has 0 bridgehead atoms. The summed E-state index contributed by atoms with van der Waals surface area (Å²) >= 11 is 4.64. The number of carbonyl (C=O) groups is 1. The standard InChI is InChI=1S/C7H14N2O.CH3Cl/c1-4-5-6(7(8)10)9(2)3;1-2/h5H,4H2,1-3H3,(H2,8,10);1H3/b6-5+;. The van der Waals surface area contributed by atoms with Crippen molar-refractivity contribution in [2.24, 2.45) is 5.73 Å². The SMILES string of the molecule is CC/C=C(\C(N)=O)N(C)C.CCl. The van der Waals surface area contributed by atoms with Crippen LogP contribution in [0.25, 0.3) is 0 Å². The van der Waals surface area contributed by atoms with Crippen LogP contribution in [0.15, 0.2) is 11.8 Å². The number of alkyl halides is 1. The fraction of sp³-hybridized carbons (Fsp3) is 0.625. The van der Waals surface area contributed by atoms with Crippen molar-refractivity contribution in [2.75, 3.05) is 20.5 Å². The third kappa shape index (κ3) is 6.04. The molecule has 3 nitrogen and oxygen atoms in total. The third-order valence-corrected chi connectivity index (χ3v) is 1.13. The van der Waals surface area contributed by atoms with Crippen LogP contribution in [0.5, 0.6) is 0 Å². The van der Waals surface area contributed by atoms with Crippen molar-refractivity contribution in [1.29, 1.82) is 0 Å². The average molecular weight is 193 g/mol. The predicted molar refractivity (Wildman–Crippen MR) is 53.0 cm³/mol. The van der Waals surface area contributed by atoms with Gasteiger partial charge in [0.1, 0.15) is 0 Å². The van der Waals surface area contributed by atoms with Gasteiger partial charge in [-0.15, -0.1) is 11.6 Å². The Morgan fingerprint density at radius 2 is 1.92 bits per heavy atom. The van der Waals surface area contributed by atoms with Crippen LogP contribution >= 0.6 is 11.6 Å². The lowest BCUT2D eigenvalue weighted by atomic mass is 10.3. The summed E-state index contributed by atoms with van der Waals surface area (Å²) in [6.45, 7) is 1.96. The van der Waals surface area contributed by atoms with Crippen molar-refractivity contribution in [3.63, 3.8) is 0 Å². The van der Waals surface area contributed by atoms with Gasteiger partial charge in [0.2, 0.25) is 0 Å². The van der Waals surface area contributed by atoms with Crippen molar-refractivity contribution in [1.82, 2.24) is 4.90 Å². The second-order valence-corrected chi connectivity index (χ2v) is 2.26. The zero-order valence-electron chi connectivity index (χ0n) is 8.10. The molecule has 0 aliphatic heterocycles. The van der Waals surface area contributed by atoms with E-state index in [2.05, 4.69) is 11.6 Å². The van der Waals surface area contributed by atoms with Gasteiger partial charge in [-0.2, -0.15) is 0 Å². The Morgan fingerprint density at radius 1 is 1.50 bits per heavy atom. The van der Waals surface area contributed by atoms with E-state index in [9.17, 15) is 4.79 Å². The number of hydrogen-bond acceptors (Lipinski definition) is 2. The van der Waals surface area contributed by atoms with Gasteiger partial charge in [-0.1, -0.05) is 13.0 Å². The van der Waals surface area contributed by atoms with Gasteiger partial charge < -0.3 is 10.6 Å². The fourth-order valence-electron chi connectivity index (χ4n) is 0.697. The van der Waals surface area contributed by atoms with Crippen molar-refractivity contribution in [2.45, 2.75) is 13.3 Å². The van der Waals surface area contributed by atoms with Gasteiger partial charge >= 0.3 is 0 Å². The van der Waals surface area contributed by atoms with Crippen molar-refractivity contribution in [3.8, 4) is 0 Å². The predicted octanol–water partition coefficient (Wildman–Crippen LogP) is 1.18. The van der Waals surface area contributed by atoms with Crippen molar-refractivity contribution >= 4 is 17.5 Å². The summed E-state index contributed by atoms with van der Waals surface area (Å²) in [4.78, 5) is 12.4. The van der Waals surface area contributed by atoms with E-state index < -0.39 is 0 Å². The van der Waals surface area contributed by atoms with E-state index in [-0.39, 0.29) is 5.91 Å². The fourth-order valence-corrected chi connectivity index (χ4v) is 0.697. The monoisotopic (exact) mass is 192 g/mol. The zero-order chi connectivity index (χ0) is 10.1. The van der Waals surface area contributed by atoms with E-state index in [1.54, 1.807) is 19.0 Å². The smallest absolute Gasteiger partial charge is 0.264 e. The van der Waals surface area contributed by atoms with Gasteiger partial charge in [-0.3, -0.25) is 4.79 Å². The first-order valence-electron chi connectivity index (χ1n) is 3.64. The first-order valence-corrected chi connectivity index (χ1v) is 4.40. The maximum Gasteiger partial charge on any atom is 0.264 e. The number of nitrogens with zero attached hydrogens (tertiary/aromatic N) is 1. The number of primary amides is 1. The van der Waals surface area contributed by atoms with Gasteiger partial charge in [0.25, 0.3) is 5.91 Å². The van der Waals surface area contributed by atoms with Crippen LogP contribution in [0.4, 0.5) is 0 Å². The third-order valence-electron chi connectivity index (χ3n) is 1.13. The second-order valence-electron chi connectivity index (χ2n) is 2.26. The molecule has 0 unspecified atom stereocenters. The summed E-state index contributed by atoms with van der Waals surface area (Å²) in [6.07, 6.45) is 4.11. The van der Waals surface area contributed by atoms with Crippen LogP contribution in [0.2, 0.25) is 0 Å². The highest BCUT2D eigenvalue weighted by Gasteiger charge is 2.04. The molecular formula is C8H17ClN2O. The summed E-state index contributed by atoms with van der Waals surface area (Å²) in [5, 5.41) is 0. The van der Waals surface area contributed by atoms with E-state index in [0.717, 1.165) is 6.42 Å². The van der Waals surface area contributed by atoms with E-state index >= 15 is 0 Å². The molecule has 0 aromatic carbocycles. The molecule has 72 valence electrons. The van der Waals surface area contributed by atoms with E-state index in [1.807, 2.05) is 13.0 Å². The summed E-state index contributed by atoms with van der Waals surface area (Å²) in [5.74, 6) is -0.369. The molecule has 0 fully saturated rings. The number of hydrogen-bond donors (Lipinski definition) is 1. The summed E-state index contributed by atoms with van der Waals surface area (Å²) in [5.41, 5.74) is 5.65. The largest absolute Gasteiger partial charge is 0.373 e. The Morgan fingerprint density at radius 3 is 2.00 bits per heavy atom. The lowest BCUT2D eigenvalue weighted by molar-refractivity contribution is -0.115. The highest BCUT2D eigenvalue weighted by Crippen LogP contribution is 1.97. The minimum absolute atomic E-state index is 0.369. The summed E-state index contributed by atoms with van der Waals surface area (Å²) < 4.78 is 0. The van der Waals surface area contributed by atoms with Crippen LogP contribution < -0.4 is 5.73 Å². The topological polar surface area (TPSA) is 46.3 Å². The quantitative estimate of drug-likeness (QED) is 0.539. The minimum Gasteiger partial charge on any atom is -0.373 e. The van der Waals surface area contributed by atoms with Crippen LogP contribution in [-0.2, 0) is 4.79 Å². The molecular weight excluding hydrogens is 176 g/mol. The molecule has 0 saturated heterocycles. The van der Waals surface area contributed by atoms with Crippen LogP contribution in [0, 0.1) is 0 Å². The number of nitrogens with two attached hydrogens (primary N) is 1. The lowest BCUT2D eigenvalue weighted by Gasteiger charge is -2.12. The van der Waals surface area contributed by atoms with Crippen molar-refractivity contribution < 1.29 is 4.79 Å². The minimum atomic E-state index is -0.369. The van der Waals surface area contributed by atoms with Gasteiger partial charge in [0.15, 0.2) is 0 Å². The molecule has 12 heavy (non-hydrogen) atoms. The van der Waals surface area contributed by atoms with Crippen molar-refractivity contribution in [3.05, 3.63) is 11.8 Å². The average Bonchev–Trinajstić information content (AvgIpc) is 2.03. The zero-order valence-corrected chi connectivity index (χ0v) is 8.85. The molecule has 0 spiro atoms. The van der Waals surface area contributed by atoms with Gasteiger partial charge in [0, 0.05) is 20.5 Å². The molecule has 0 rings (SSSR count). The van der Waals surface area contributed by atoms with Gasteiger partial charge in [-0.05, 0) is 6.42 Å². The maximum atomic E-state index is 10.6. The Hall–Kier alpha value is -0.700. The number of allylic oxidation sites excluding steroid dienone is 1. The number of amides is 1. The Labute approximate surface area is 79.2 Å². The number of halogens is 1. The maximum absolute atomic E-state index is 10.6. The van der Waals surface area contributed by atoms with E-state index in [0.29, 0.717) is 5.70 Å². The first kappa shape index (κ1) is 13.9. The molecule has 4 heteroatoms. The normalized spacial score (nSPS) is 9.92. The molecule has 0 aromatic rings. The second kappa shape index (κ2) is 8.40. The summed E-state index contributed by atoms with van der Waals surface area (Å²) in [7, 11) is 3.60. The first-order chi connectivity index (χ1) is 5.59. The Bertz CT molecular complexity index is 155. The summed E-state index contributed by atoms with van der Waals surface area (Å²) in [6, 6.07) is 0. The Balaban J connectivity index is 0. The number of carbonyl (C=O) groups excluding carboxylic acids is 1. The van der Waals surface area contributed by atoms with Crippen LogP contribution in [-0.4, -0.2) is 31.3 Å². The number of rotatable bonds is 3. The highest BCUT2D eigenvalue weighted by atomic mass is 35.5. The lowest BCUT2D eigenvalue weighted by Crippen LogP contribution is -2.25. The number of likely N-dealkylation sites (N-methyl/N-ethyl adjacent to an activating group) is 1. The molecule has 0 atom stereocenters. The molecule has 0 aliphatic rings. The van der Waals surface area contributed by atoms with Gasteiger partial charge in [-0.25, -0.2) is 0 Å². The molecule has 2 N–H and O–H groups in total. The molecule has 0 saturated carbocycles. The van der Waals surface area contributed by atoms with E-state index in [1.165, 1.54) is 6.38 Å². The highest BCUT2D eigenvalue weighted by molar-refractivity contribution is 6.15. The van der Waals surface area contributed by atoms with Gasteiger partial charge in [0.05, 0.1) is 5.70 Å². The molecule has 1 amide bonds. The molecule has 0 aromatic heterocycles. The molecule has 0 heterocycles. The van der Waals surface area contributed by atoms with E-state index in [4.69, 9.17) is 5.73 Å². The van der Waals surface area contributed by atoms with Crippen LogP contribution in [0.3, 0.4) is 0 Å².